The molecule has 176 valence electrons. The second-order valence-electron chi connectivity index (χ2n) is 8.87. The number of unbranched alkanes of at least 4 members (excludes halogenated alkanes) is 13. The van der Waals surface area contributed by atoms with Gasteiger partial charge in [0.15, 0.2) is 0 Å². The fraction of sp³-hybridized carbons (Fsp3) is 1.00. The van der Waals surface area contributed by atoms with Gasteiger partial charge in [-0.1, -0.05) is 117 Å². The quantitative estimate of drug-likeness (QED) is 0.146. The van der Waals surface area contributed by atoms with E-state index in [1.807, 2.05) is 6.92 Å². The molecular formula is C24H49KO4S. The Morgan fingerprint density at radius 2 is 0.933 bits per heavy atom. The molecule has 0 saturated carbocycles. The average Bonchev–Trinajstić information content (AvgIpc) is 2.67. The van der Waals surface area contributed by atoms with Crippen molar-refractivity contribution < 1.29 is 69.5 Å². The minimum Gasteiger partial charge on any atom is -0.748 e. The Morgan fingerprint density at radius 3 is 1.33 bits per heavy atom. The van der Waals surface area contributed by atoms with Crippen molar-refractivity contribution in [1.82, 2.24) is 0 Å². The SMILES string of the molecule is CCCCCC(O)CCCCCCCCCCCCCC(CCCC)S(=O)(=O)[O-].[K+]. The Hall–Kier alpha value is 1.51. The summed E-state index contributed by atoms with van der Waals surface area (Å²) in [7, 11) is -4.13. The summed E-state index contributed by atoms with van der Waals surface area (Å²) in [5.41, 5.74) is 0. The van der Waals surface area contributed by atoms with E-state index in [4.69, 9.17) is 0 Å². The second-order valence-corrected chi connectivity index (χ2v) is 10.5. The van der Waals surface area contributed by atoms with E-state index < -0.39 is 15.4 Å². The van der Waals surface area contributed by atoms with Crippen LogP contribution in [0.2, 0.25) is 0 Å². The Bertz CT molecular complexity index is 442. The molecule has 0 aliphatic rings. The minimum atomic E-state index is -4.13. The van der Waals surface area contributed by atoms with Crippen LogP contribution < -0.4 is 51.4 Å². The van der Waals surface area contributed by atoms with Gasteiger partial charge in [0, 0.05) is 5.25 Å². The van der Waals surface area contributed by atoms with Crippen molar-refractivity contribution in [2.75, 3.05) is 0 Å². The molecule has 0 aromatic rings. The third kappa shape index (κ3) is 22.7. The van der Waals surface area contributed by atoms with Crippen molar-refractivity contribution in [3.63, 3.8) is 0 Å². The van der Waals surface area contributed by atoms with Crippen molar-refractivity contribution in [2.24, 2.45) is 0 Å². The molecular weight excluding hydrogens is 423 g/mol. The third-order valence-corrected chi connectivity index (χ3v) is 7.28. The third-order valence-electron chi connectivity index (χ3n) is 5.99. The molecule has 0 heterocycles. The summed E-state index contributed by atoms with van der Waals surface area (Å²) < 4.78 is 33.9. The van der Waals surface area contributed by atoms with Crippen LogP contribution in [-0.4, -0.2) is 29.4 Å². The predicted octanol–water partition coefficient (Wildman–Crippen LogP) is 4.11. The summed E-state index contributed by atoms with van der Waals surface area (Å²) in [5.74, 6) is 0. The molecule has 0 bridgehead atoms. The zero-order valence-corrected chi connectivity index (χ0v) is 24.3. The van der Waals surface area contributed by atoms with E-state index >= 15 is 0 Å². The van der Waals surface area contributed by atoms with Gasteiger partial charge in [0.05, 0.1) is 16.2 Å². The van der Waals surface area contributed by atoms with Crippen molar-refractivity contribution >= 4 is 10.1 Å². The molecule has 0 aliphatic carbocycles. The van der Waals surface area contributed by atoms with E-state index in [1.165, 1.54) is 57.8 Å². The van der Waals surface area contributed by atoms with Crippen LogP contribution in [-0.2, 0) is 10.1 Å². The molecule has 0 aromatic carbocycles. The van der Waals surface area contributed by atoms with Gasteiger partial charge in [0.1, 0.15) is 0 Å². The predicted molar refractivity (Wildman–Crippen MR) is 123 cm³/mol. The molecule has 0 fully saturated rings. The summed E-state index contributed by atoms with van der Waals surface area (Å²) in [4.78, 5) is 0. The fourth-order valence-corrected chi connectivity index (χ4v) is 4.89. The Kier molecular flexibility index (Phi) is 26.6. The van der Waals surface area contributed by atoms with Gasteiger partial charge in [-0.3, -0.25) is 0 Å². The van der Waals surface area contributed by atoms with Crippen LogP contribution in [0.15, 0.2) is 0 Å². The van der Waals surface area contributed by atoms with Gasteiger partial charge in [-0.2, -0.15) is 0 Å². The van der Waals surface area contributed by atoms with Crippen molar-refractivity contribution in [3.8, 4) is 0 Å². The zero-order valence-electron chi connectivity index (χ0n) is 20.4. The van der Waals surface area contributed by atoms with Gasteiger partial charge >= 0.3 is 51.4 Å². The molecule has 2 unspecified atom stereocenters. The number of rotatable bonds is 22. The fourth-order valence-electron chi connectivity index (χ4n) is 3.98. The molecule has 0 rings (SSSR count). The summed E-state index contributed by atoms with van der Waals surface area (Å²) in [6.45, 7) is 4.22. The average molecular weight is 473 g/mol. The first kappa shape index (κ1) is 33.7. The van der Waals surface area contributed by atoms with Gasteiger partial charge in [0.2, 0.25) is 0 Å². The van der Waals surface area contributed by atoms with Crippen LogP contribution in [0.4, 0.5) is 0 Å². The Balaban J connectivity index is 0. The second kappa shape index (κ2) is 23.7. The molecule has 4 nitrogen and oxygen atoms in total. The summed E-state index contributed by atoms with van der Waals surface area (Å²) >= 11 is 0. The molecule has 0 spiro atoms. The Labute approximate surface area is 230 Å². The minimum absolute atomic E-state index is 0. The first-order valence-corrected chi connectivity index (χ1v) is 14.0. The standard InChI is InChI=1S/C24H50O4S.K/c1-3-5-16-19-23(25)20-17-14-12-10-8-7-9-11-13-15-18-22-24(21-6-4-2)29(26,27)28;/h23-25H,3-22H2,1-2H3,(H,26,27,28);/q;+1/p-1. The van der Waals surface area contributed by atoms with E-state index in [1.54, 1.807) is 0 Å². The first-order chi connectivity index (χ1) is 13.9. The van der Waals surface area contributed by atoms with Crippen LogP contribution in [0.3, 0.4) is 0 Å². The maximum atomic E-state index is 11.3. The van der Waals surface area contributed by atoms with Crippen LogP contribution in [0.25, 0.3) is 0 Å². The van der Waals surface area contributed by atoms with Crippen molar-refractivity contribution in [1.29, 1.82) is 0 Å². The van der Waals surface area contributed by atoms with Crippen LogP contribution in [0, 0.1) is 0 Å². The first-order valence-electron chi connectivity index (χ1n) is 12.5. The zero-order chi connectivity index (χ0) is 21.8. The smallest absolute Gasteiger partial charge is 0.748 e. The molecule has 0 aliphatic heterocycles. The van der Waals surface area contributed by atoms with Crippen molar-refractivity contribution in [3.05, 3.63) is 0 Å². The van der Waals surface area contributed by atoms with Gasteiger partial charge < -0.3 is 9.66 Å². The van der Waals surface area contributed by atoms with Gasteiger partial charge in [-0.15, -0.1) is 0 Å². The van der Waals surface area contributed by atoms with E-state index in [0.29, 0.717) is 12.8 Å². The van der Waals surface area contributed by atoms with Gasteiger partial charge in [-0.05, 0) is 25.7 Å². The molecule has 1 N–H and O–H groups in total. The number of hydrogen-bond donors (Lipinski definition) is 1. The maximum Gasteiger partial charge on any atom is 1.00 e. The largest absolute Gasteiger partial charge is 1.00 e. The topological polar surface area (TPSA) is 77.4 Å². The molecule has 0 aromatic heterocycles. The summed E-state index contributed by atoms with van der Waals surface area (Å²) in [5, 5.41) is 9.23. The molecule has 6 heteroatoms. The van der Waals surface area contributed by atoms with E-state index in [9.17, 15) is 18.1 Å². The Morgan fingerprint density at radius 1 is 0.600 bits per heavy atom. The van der Waals surface area contributed by atoms with E-state index in [2.05, 4.69) is 6.92 Å². The summed E-state index contributed by atoms with van der Waals surface area (Å²) in [6, 6.07) is 0. The molecule has 2 atom stereocenters. The van der Waals surface area contributed by atoms with E-state index in [-0.39, 0.29) is 57.5 Å². The number of aliphatic hydroxyl groups excluding tert-OH is 1. The monoisotopic (exact) mass is 472 g/mol. The number of aliphatic hydroxyl groups is 1. The normalized spacial score (nSPS) is 13.7. The maximum absolute atomic E-state index is 11.3. The van der Waals surface area contributed by atoms with Crippen molar-refractivity contribution in [2.45, 2.75) is 154 Å². The van der Waals surface area contributed by atoms with Gasteiger partial charge in [0.25, 0.3) is 0 Å². The van der Waals surface area contributed by atoms with E-state index in [0.717, 1.165) is 57.8 Å². The van der Waals surface area contributed by atoms with Crippen LogP contribution in [0.5, 0.6) is 0 Å². The summed E-state index contributed by atoms with van der Waals surface area (Å²) in [6.07, 6.45) is 21.4. The molecule has 0 saturated heterocycles. The van der Waals surface area contributed by atoms with Crippen LogP contribution >= 0.6 is 0 Å². The molecule has 30 heavy (non-hydrogen) atoms. The molecule has 0 radical (unpaired) electrons. The number of hydrogen-bond acceptors (Lipinski definition) is 4. The van der Waals surface area contributed by atoms with Crippen LogP contribution in [0.1, 0.15) is 142 Å². The molecule has 0 amide bonds. The van der Waals surface area contributed by atoms with Gasteiger partial charge in [-0.25, -0.2) is 8.42 Å².